The molecule has 2 aromatic heterocycles. The van der Waals surface area contributed by atoms with Crippen LogP contribution in [-0.2, 0) is 25.9 Å². The van der Waals surface area contributed by atoms with Crippen LogP contribution < -0.4 is 9.80 Å². The summed E-state index contributed by atoms with van der Waals surface area (Å²) in [6.45, 7) is 3.92. The SMILES string of the molecule is c1ccc2c(c1)CCN(c1ccnc3c1ccc1c(N4CCc5ccccc5C4)ccnc13)C2. The minimum Gasteiger partial charge on any atom is -0.366 e. The molecule has 166 valence electrons. The summed E-state index contributed by atoms with van der Waals surface area (Å²) in [5.74, 6) is 0. The fourth-order valence-corrected chi connectivity index (χ4v) is 5.75. The van der Waals surface area contributed by atoms with Crippen LogP contribution in [0.5, 0.6) is 0 Å². The van der Waals surface area contributed by atoms with Crippen molar-refractivity contribution < 1.29 is 0 Å². The van der Waals surface area contributed by atoms with Gasteiger partial charge < -0.3 is 9.80 Å². The zero-order valence-electron chi connectivity index (χ0n) is 19.1. The molecule has 4 heteroatoms. The van der Waals surface area contributed by atoms with Crippen LogP contribution in [0.2, 0.25) is 0 Å². The molecule has 0 saturated heterocycles. The van der Waals surface area contributed by atoms with Gasteiger partial charge in [0.1, 0.15) is 0 Å². The molecule has 0 bridgehead atoms. The molecule has 0 unspecified atom stereocenters. The standard InChI is InChI=1S/C30H26N4/c1-3-7-23-19-33(17-13-21(23)5-1)27-11-15-31-29-25(27)9-10-26-28(12-16-32-30(26)29)34-18-14-22-6-2-4-8-24(22)20-34/h1-12,15-16H,13-14,17-20H2. The summed E-state index contributed by atoms with van der Waals surface area (Å²) in [5.41, 5.74) is 10.3. The Morgan fingerprint density at radius 2 is 0.941 bits per heavy atom. The molecular formula is C30H26N4. The number of pyridine rings is 2. The molecule has 4 heterocycles. The van der Waals surface area contributed by atoms with Crippen LogP contribution in [0.25, 0.3) is 21.8 Å². The maximum absolute atomic E-state index is 4.82. The first-order valence-corrected chi connectivity index (χ1v) is 12.1. The largest absolute Gasteiger partial charge is 0.366 e. The third-order valence-electron chi connectivity index (χ3n) is 7.52. The van der Waals surface area contributed by atoms with Crippen molar-refractivity contribution in [3.05, 3.63) is 107 Å². The number of fused-ring (bicyclic) bond motifs is 5. The number of nitrogens with zero attached hydrogens (tertiary/aromatic N) is 4. The quantitative estimate of drug-likeness (QED) is 0.318. The Kier molecular flexibility index (Phi) is 4.51. The highest BCUT2D eigenvalue weighted by atomic mass is 15.1. The lowest BCUT2D eigenvalue weighted by Gasteiger charge is -2.32. The predicted molar refractivity (Wildman–Crippen MR) is 139 cm³/mol. The highest BCUT2D eigenvalue weighted by Crippen LogP contribution is 2.36. The van der Waals surface area contributed by atoms with Crippen LogP contribution in [0.1, 0.15) is 22.3 Å². The molecule has 4 nitrogen and oxygen atoms in total. The van der Waals surface area contributed by atoms with E-state index in [1.165, 1.54) is 44.4 Å². The van der Waals surface area contributed by atoms with Gasteiger partial charge in [0, 0.05) is 60.7 Å². The van der Waals surface area contributed by atoms with Crippen LogP contribution in [0.4, 0.5) is 11.4 Å². The highest BCUT2D eigenvalue weighted by molar-refractivity contribution is 6.10. The van der Waals surface area contributed by atoms with Gasteiger partial charge in [0.2, 0.25) is 0 Å². The van der Waals surface area contributed by atoms with Crippen LogP contribution >= 0.6 is 0 Å². The Balaban J connectivity index is 1.31. The number of hydrogen-bond acceptors (Lipinski definition) is 4. The summed E-state index contributed by atoms with van der Waals surface area (Å²) in [6.07, 6.45) is 6.05. The molecule has 0 spiro atoms. The number of anilines is 2. The van der Waals surface area contributed by atoms with Crippen LogP contribution in [0.15, 0.2) is 85.2 Å². The molecule has 0 saturated carbocycles. The normalized spacial score (nSPS) is 15.4. The van der Waals surface area contributed by atoms with Gasteiger partial charge in [-0.05, 0) is 59.4 Å². The van der Waals surface area contributed by atoms with Crippen LogP contribution in [0.3, 0.4) is 0 Å². The second-order valence-corrected chi connectivity index (χ2v) is 9.40. The van der Waals surface area contributed by atoms with Crippen molar-refractivity contribution in [3.8, 4) is 0 Å². The van der Waals surface area contributed by atoms with Gasteiger partial charge >= 0.3 is 0 Å². The lowest BCUT2D eigenvalue weighted by molar-refractivity contribution is 0.733. The molecule has 0 aliphatic carbocycles. The van der Waals surface area contributed by atoms with E-state index in [9.17, 15) is 0 Å². The van der Waals surface area contributed by atoms with E-state index in [0.29, 0.717) is 0 Å². The summed E-state index contributed by atoms with van der Waals surface area (Å²) in [4.78, 5) is 14.6. The van der Waals surface area contributed by atoms with Crippen molar-refractivity contribution in [1.29, 1.82) is 0 Å². The second-order valence-electron chi connectivity index (χ2n) is 9.40. The molecule has 2 aliphatic rings. The third kappa shape index (κ3) is 3.13. The third-order valence-corrected chi connectivity index (χ3v) is 7.52. The smallest absolute Gasteiger partial charge is 0.0986 e. The number of rotatable bonds is 2. The molecule has 0 fully saturated rings. The van der Waals surface area contributed by atoms with Crippen molar-refractivity contribution in [2.24, 2.45) is 0 Å². The molecule has 0 radical (unpaired) electrons. The minimum atomic E-state index is 0.938. The van der Waals surface area contributed by atoms with Gasteiger partial charge in [0.25, 0.3) is 0 Å². The van der Waals surface area contributed by atoms with Gasteiger partial charge in [0.15, 0.2) is 0 Å². The zero-order chi connectivity index (χ0) is 22.5. The Bertz CT molecular complexity index is 1420. The Hall–Kier alpha value is -3.92. The van der Waals surface area contributed by atoms with Gasteiger partial charge in [-0.15, -0.1) is 0 Å². The summed E-state index contributed by atoms with van der Waals surface area (Å²) < 4.78 is 0. The van der Waals surface area contributed by atoms with E-state index in [0.717, 1.165) is 50.1 Å². The average molecular weight is 443 g/mol. The van der Waals surface area contributed by atoms with E-state index < -0.39 is 0 Å². The molecule has 2 aliphatic heterocycles. The Morgan fingerprint density at radius 1 is 0.500 bits per heavy atom. The molecule has 0 amide bonds. The number of benzene rings is 3. The molecule has 0 N–H and O–H groups in total. The summed E-state index contributed by atoms with van der Waals surface area (Å²) in [5, 5.41) is 2.37. The van der Waals surface area contributed by atoms with E-state index in [1.54, 1.807) is 0 Å². The molecule has 3 aromatic carbocycles. The number of hydrogen-bond donors (Lipinski definition) is 0. The highest BCUT2D eigenvalue weighted by Gasteiger charge is 2.21. The topological polar surface area (TPSA) is 32.3 Å². The first-order chi connectivity index (χ1) is 16.8. The number of aromatic nitrogens is 2. The van der Waals surface area contributed by atoms with Crippen molar-refractivity contribution >= 4 is 33.2 Å². The zero-order valence-corrected chi connectivity index (χ0v) is 19.1. The summed E-state index contributed by atoms with van der Waals surface area (Å²) in [6, 6.07) is 26.4. The van der Waals surface area contributed by atoms with Gasteiger partial charge in [-0.1, -0.05) is 48.5 Å². The van der Waals surface area contributed by atoms with Gasteiger partial charge in [0.05, 0.1) is 11.0 Å². The van der Waals surface area contributed by atoms with Crippen molar-refractivity contribution in [3.63, 3.8) is 0 Å². The maximum atomic E-state index is 4.82. The van der Waals surface area contributed by atoms with Gasteiger partial charge in [-0.2, -0.15) is 0 Å². The van der Waals surface area contributed by atoms with Gasteiger partial charge in [-0.3, -0.25) is 9.97 Å². The van der Waals surface area contributed by atoms with E-state index in [4.69, 9.17) is 9.97 Å². The molecule has 0 atom stereocenters. The Labute approximate surface area is 199 Å². The first kappa shape index (κ1) is 19.5. The van der Waals surface area contributed by atoms with Crippen molar-refractivity contribution in [1.82, 2.24) is 9.97 Å². The van der Waals surface area contributed by atoms with Crippen molar-refractivity contribution in [2.75, 3.05) is 22.9 Å². The van der Waals surface area contributed by atoms with Gasteiger partial charge in [-0.25, -0.2) is 0 Å². The van der Waals surface area contributed by atoms with Crippen LogP contribution in [0, 0.1) is 0 Å². The molecule has 5 aromatic rings. The van der Waals surface area contributed by atoms with Crippen molar-refractivity contribution in [2.45, 2.75) is 25.9 Å². The minimum absolute atomic E-state index is 0.938. The lowest BCUT2D eigenvalue weighted by atomic mass is 9.98. The van der Waals surface area contributed by atoms with E-state index in [2.05, 4.69) is 82.6 Å². The van der Waals surface area contributed by atoms with Crippen LogP contribution in [-0.4, -0.2) is 23.1 Å². The predicted octanol–water partition coefficient (Wildman–Crippen LogP) is 5.91. The average Bonchev–Trinajstić information content (AvgIpc) is 2.91. The lowest BCUT2D eigenvalue weighted by Crippen LogP contribution is -2.30. The Morgan fingerprint density at radius 3 is 1.41 bits per heavy atom. The van der Waals surface area contributed by atoms with E-state index in [-0.39, 0.29) is 0 Å². The second kappa shape index (κ2) is 7.84. The molecule has 7 rings (SSSR count). The summed E-state index contributed by atoms with van der Waals surface area (Å²) in [7, 11) is 0. The fourth-order valence-electron chi connectivity index (χ4n) is 5.75. The first-order valence-electron chi connectivity index (χ1n) is 12.1. The molecule has 34 heavy (non-hydrogen) atoms. The van der Waals surface area contributed by atoms with E-state index >= 15 is 0 Å². The van der Waals surface area contributed by atoms with E-state index in [1.807, 2.05) is 12.4 Å². The molecular weight excluding hydrogens is 416 g/mol. The summed E-state index contributed by atoms with van der Waals surface area (Å²) >= 11 is 0. The maximum Gasteiger partial charge on any atom is 0.0986 e. The fraction of sp³-hybridized carbons (Fsp3) is 0.200. The monoisotopic (exact) mass is 442 g/mol.